The molecule has 10 nitrogen and oxygen atoms in total. The Hall–Kier alpha value is -0.920. The molecule has 3 fully saturated rings. The zero-order valence-corrected chi connectivity index (χ0v) is 30.8. The van der Waals surface area contributed by atoms with Gasteiger partial charge in [0.05, 0.1) is 12.2 Å². The molecule has 0 amide bonds. The minimum absolute atomic E-state index is 0.215. The van der Waals surface area contributed by atoms with Crippen molar-refractivity contribution in [3.63, 3.8) is 0 Å². The first kappa shape index (κ1) is 39.5. The number of hydrogen-bond donors (Lipinski definition) is 0. The summed E-state index contributed by atoms with van der Waals surface area (Å²) < 4.78 is 33.3. The Morgan fingerprint density at radius 2 is 0.891 bits per heavy atom. The SMILES string of the molecule is C1=CC(=[N+]2CCOCC2)CC1.C1=CC(=[N+]2CCOCC2)CC1.C1=CC(=[N+]2CCOCC2)CC1.CC(C)OS(OC(C)C)=P([O-])([O-])[S-]. The summed E-state index contributed by atoms with van der Waals surface area (Å²) >= 11 is 4.31. The lowest BCUT2D eigenvalue weighted by Crippen LogP contribution is -2.32. The van der Waals surface area contributed by atoms with Crippen molar-refractivity contribution in [3.8, 4) is 0 Å². The fourth-order valence-corrected chi connectivity index (χ4v) is 8.61. The molecule has 0 atom stereocenters. The Balaban J connectivity index is 0.000000167. The summed E-state index contributed by atoms with van der Waals surface area (Å²) in [5, 5.41) is 0. The highest BCUT2D eigenvalue weighted by Gasteiger charge is 2.19. The average molecular weight is 702 g/mol. The molecule has 0 saturated carbocycles. The molecule has 3 saturated heterocycles. The van der Waals surface area contributed by atoms with Crippen LogP contribution in [0.2, 0.25) is 0 Å². The molecule has 0 N–H and O–H groups in total. The van der Waals surface area contributed by atoms with E-state index < -0.39 is 16.3 Å². The van der Waals surface area contributed by atoms with Crippen LogP contribution in [0.4, 0.5) is 0 Å². The van der Waals surface area contributed by atoms with E-state index in [1.54, 1.807) is 27.7 Å². The Morgan fingerprint density at radius 3 is 1.09 bits per heavy atom. The molecular weight excluding hydrogens is 645 g/mol. The van der Waals surface area contributed by atoms with E-state index in [2.05, 4.69) is 62.4 Å². The lowest BCUT2D eigenvalue weighted by atomic mass is 10.3. The summed E-state index contributed by atoms with van der Waals surface area (Å²) in [6, 6.07) is 0. The van der Waals surface area contributed by atoms with E-state index in [1.807, 2.05) is 0 Å². The van der Waals surface area contributed by atoms with Gasteiger partial charge in [-0.25, -0.2) is 13.7 Å². The molecule has 13 heteroatoms. The first-order valence-electron chi connectivity index (χ1n) is 16.8. The van der Waals surface area contributed by atoms with Crippen molar-refractivity contribution in [1.29, 1.82) is 0 Å². The molecule has 262 valence electrons. The molecule has 3 aliphatic carbocycles. The van der Waals surface area contributed by atoms with E-state index in [4.69, 9.17) is 22.6 Å². The van der Waals surface area contributed by atoms with E-state index in [0.29, 0.717) is 0 Å². The van der Waals surface area contributed by atoms with Crippen LogP contribution in [-0.4, -0.2) is 122 Å². The number of ether oxygens (including phenoxy) is 3. The number of nitrogens with zero attached hydrogens (tertiary/aromatic N) is 3. The second-order valence-electron chi connectivity index (χ2n) is 12.0. The van der Waals surface area contributed by atoms with Crippen LogP contribution in [0.15, 0.2) is 36.5 Å². The van der Waals surface area contributed by atoms with Gasteiger partial charge in [0, 0.05) is 48.1 Å². The summed E-state index contributed by atoms with van der Waals surface area (Å²) in [7, 11) is -1.59. The van der Waals surface area contributed by atoms with Gasteiger partial charge in [-0.2, -0.15) is 0 Å². The predicted molar refractivity (Wildman–Crippen MR) is 187 cm³/mol. The van der Waals surface area contributed by atoms with Crippen LogP contribution in [0.3, 0.4) is 0 Å². The lowest BCUT2D eigenvalue weighted by Gasteiger charge is -2.51. The van der Waals surface area contributed by atoms with Crippen LogP contribution >= 0.6 is 5.69 Å². The molecule has 0 unspecified atom stereocenters. The second kappa shape index (κ2) is 21.9. The molecule has 6 rings (SSSR count). The Bertz CT molecular complexity index is 1050. The maximum atomic E-state index is 11.0. The molecule has 0 aromatic carbocycles. The van der Waals surface area contributed by atoms with Crippen LogP contribution in [-0.2, 0) is 45.5 Å². The number of hydrogen-bond acceptors (Lipinski definition) is 8. The fraction of sp³-hybridized carbons (Fsp3) is 0.727. The highest BCUT2D eigenvalue weighted by molar-refractivity contribution is 8.55. The molecule has 0 bridgehead atoms. The summed E-state index contributed by atoms with van der Waals surface area (Å²) in [4.78, 5) is 22.0. The van der Waals surface area contributed by atoms with Crippen LogP contribution in [0.25, 0.3) is 0 Å². The zero-order chi connectivity index (χ0) is 33.2. The molecule has 46 heavy (non-hydrogen) atoms. The third-order valence-electron chi connectivity index (χ3n) is 7.62. The fourth-order valence-electron chi connectivity index (χ4n) is 5.40. The topological polar surface area (TPSA) is 101 Å². The van der Waals surface area contributed by atoms with Crippen LogP contribution in [0.5, 0.6) is 0 Å². The van der Waals surface area contributed by atoms with Gasteiger partial charge in [-0.1, -0.05) is 18.2 Å². The highest BCUT2D eigenvalue weighted by Crippen LogP contribution is 2.31. The van der Waals surface area contributed by atoms with Crippen molar-refractivity contribution in [3.05, 3.63) is 36.5 Å². The highest BCUT2D eigenvalue weighted by atomic mass is 32.9. The molecule has 0 spiro atoms. The van der Waals surface area contributed by atoms with Crippen LogP contribution in [0.1, 0.15) is 66.2 Å². The van der Waals surface area contributed by atoms with Gasteiger partial charge in [0.15, 0.2) is 56.4 Å². The minimum Gasteiger partial charge on any atom is -0.851 e. The molecule has 3 aliphatic heterocycles. The third-order valence-corrected chi connectivity index (χ3v) is 11.8. The zero-order valence-electron chi connectivity index (χ0n) is 28.3. The lowest BCUT2D eigenvalue weighted by molar-refractivity contribution is -0.549. The molecule has 0 radical (unpaired) electrons. The Kier molecular flexibility index (Phi) is 18.8. The van der Waals surface area contributed by atoms with E-state index in [0.717, 1.165) is 78.9 Å². The van der Waals surface area contributed by atoms with E-state index >= 15 is 0 Å². The van der Waals surface area contributed by atoms with Crippen molar-refractivity contribution in [2.24, 2.45) is 0 Å². The quantitative estimate of drug-likeness (QED) is 0.251. The maximum absolute atomic E-state index is 11.0. The number of morpholine rings is 3. The average Bonchev–Trinajstić information content (AvgIpc) is 3.87. The van der Waals surface area contributed by atoms with E-state index in [-0.39, 0.29) is 12.2 Å². The van der Waals surface area contributed by atoms with Gasteiger partial charge >= 0.3 is 0 Å². The van der Waals surface area contributed by atoms with Crippen molar-refractivity contribution in [2.75, 3.05) is 78.9 Å². The van der Waals surface area contributed by atoms with Crippen molar-refractivity contribution >= 4 is 45.7 Å². The maximum Gasteiger partial charge on any atom is 0.176 e. The van der Waals surface area contributed by atoms with Crippen LogP contribution in [0, 0.1) is 0 Å². The summed E-state index contributed by atoms with van der Waals surface area (Å²) in [6.07, 6.45) is 20.5. The van der Waals surface area contributed by atoms with Gasteiger partial charge in [-0.3, -0.25) is 0 Å². The normalized spacial score (nSPS) is 21.5. The minimum atomic E-state index is -3.97. The van der Waals surface area contributed by atoms with E-state index in [1.165, 1.54) is 55.7 Å². The first-order valence-corrected chi connectivity index (χ1v) is 21.1. The monoisotopic (exact) mass is 701 g/mol. The number of rotatable bonds is 4. The smallest absolute Gasteiger partial charge is 0.176 e. The Morgan fingerprint density at radius 1 is 0.609 bits per heavy atom. The molecular formula is C33H56N3O7PS2. The number of allylic oxidation sites excluding steroid dienone is 6. The van der Waals surface area contributed by atoms with Gasteiger partial charge in [0.25, 0.3) is 0 Å². The van der Waals surface area contributed by atoms with Gasteiger partial charge in [-0.15, -0.1) is 0 Å². The summed E-state index contributed by atoms with van der Waals surface area (Å²) in [5.74, 6) is 0. The standard InChI is InChI=1S/3C9H14NO.C6H14O4PS2/c3*1-2-4-9(3-1)10-5-7-11-8-6-10;1-5(2)9-13(10-6(3)4)11(7,8)12/h3*1,3H,2,4-8H2;5-6H,1-4H3/q3*+1;-3. The summed E-state index contributed by atoms with van der Waals surface area (Å²) in [5.41, 5.74) is 0.556. The summed E-state index contributed by atoms with van der Waals surface area (Å²) in [6.45, 7) is 18.8. The second-order valence-corrected chi connectivity index (χ2v) is 18.2. The third kappa shape index (κ3) is 15.5. The van der Waals surface area contributed by atoms with E-state index in [9.17, 15) is 9.79 Å². The first-order chi connectivity index (χ1) is 22.1. The van der Waals surface area contributed by atoms with Gasteiger partial charge in [-0.05, 0) is 47.0 Å². The Labute approximate surface area is 284 Å². The largest absolute Gasteiger partial charge is 0.851 e. The van der Waals surface area contributed by atoms with Crippen LogP contribution < -0.4 is 9.79 Å². The van der Waals surface area contributed by atoms with Crippen molar-refractivity contribution in [2.45, 2.75) is 78.4 Å². The van der Waals surface area contributed by atoms with Gasteiger partial charge in [0.2, 0.25) is 0 Å². The molecule has 3 heterocycles. The molecule has 6 aliphatic rings. The van der Waals surface area contributed by atoms with Gasteiger partial charge < -0.3 is 50.3 Å². The van der Waals surface area contributed by atoms with Crippen molar-refractivity contribution in [1.82, 2.24) is 0 Å². The predicted octanol–water partition coefficient (Wildman–Crippen LogP) is 2.69. The molecule has 0 aromatic rings. The molecule has 0 aromatic heterocycles. The van der Waals surface area contributed by atoms with Crippen molar-refractivity contribution < 1.29 is 46.1 Å². The van der Waals surface area contributed by atoms with Gasteiger partial charge in [0.1, 0.15) is 39.6 Å².